The Labute approximate surface area is 145 Å². The molecule has 1 heterocycles. The second-order valence-corrected chi connectivity index (χ2v) is 6.14. The normalized spacial score (nSPS) is 12.6. The first-order chi connectivity index (χ1) is 11.9. The van der Waals surface area contributed by atoms with E-state index in [0.29, 0.717) is 29.4 Å². The third kappa shape index (κ3) is 3.91. The van der Waals surface area contributed by atoms with Crippen LogP contribution in [0.2, 0.25) is 0 Å². The monoisotopic (exact) mass is 343 g/mol. The van der Waals surface area contributed by atoms with Crippen LogP contribution in [0.1, 0.15) is 30.0 Å². The predicted octanol–water partition coefficient (Wildman–Crippen LogP) is 4.52. The van der Waals surface area contributed by atoms with Gasteiger partial charge in [0.1, 0.15) is 11.6 Å². The summed E-state index contributed by atoms with van der Waals surface area (Å²) in [6, 6.07) is 11.0. The minimum Gasteiger partial charge on any atom is -0.337 e. The number of hydrogen-bond acceptors (Lipinski definition) is 4. The molecule has 1 atom stereocenters. The molecule has 1 aromatic heterocycles. The van der Waals surface area contributed by atoms with Gasteiger partial charge < -0.3 is 4.52 Å². The number of rotatable bonds is 5. The molecule has 130 valence electrons. The summed E-state index contributed by atoms with van der Waals surface area (Å²) in [5.41, 5.74) is 2.23. The van der Waals surface area contributed by atoms with Crippen molar-refractivity contribution in [2.75, 3.05) is 7.05 Å². The number of aromatic nitrogens is 2. The fraction of sp³-hybridized carbons (Fsp3) is 0.263. The van der Waals surface area contributed by atoms with E-state index in [0.717, 1.165) is 5.56 Å². The van der Waals surface area contributed by atoms with Crippen LogP contribution in [0, 0.1) is 18.6 Å². The zero-order valence-electron chi connectivity index (χ0n) is 14.3. The molecule has 0 aliphatic heterocycles. The Morgan fingerprint density at radius 3 is 2.52 bits per heavy atom. The maximum absolute atomic E-state index is 13.4. The Morgan fingerprint density at radius 1 is 1.12 bits per heavy atom. The molecule has 0 bridgehead atoms. The van der Waals surface area contributed by atoms with E-state index >= 15 is 0 Å². The third-order valence-electron chi connectivity index (χ3n) is 4.22. The zero-order valence-corrected chi connectivity index (χ0v) is 14.3. The summed E-state index contributed by atoms with van der Waals surface area (Å²) in [5, 5.41) is 3.99. The number of aryl methyl sites for hydroxylation is 1. The number of benzene rings is 2. The van der Waals surface area contributed by atoms with E-state index in [1.165, 1.54) is 18.2 Å². The van der Waals surface area contributed by atoms with Gasteiger partial charge in [-0.3, -0.25) is 4.90 Å². The topological polar surface area (TPSA) is 42.2 Å². The van der Waals surface area contributed by atoms with Crippen LogP contribution in [0.25, 0.3) is 11.4 Å². The third-order valence-corrected chi connectivity index (χ3v) is 4.22. The molecule has 0 aliphatic rings. The van der Waals surface area contributed by atoms with Crippen molar-refractivity contribution in [3.05, 3.63) is 71.1 Å². The molecule has 4 nitrogen and oxygen atoms in total. The van der Waals surface area contributed by atoms with Gasteiger partial charge in [0.15, 0.2) is 0 Å². The van der Waals surface area contributed by atoms with Crippen LogP contribution < -0.4 is 0 Å². The van der Waals surface area contributed by atoms with Gasteiger partial charge in [0, 0.05) is 12.1 Å². The highest BCUT2D eigenvalue weighted by atomic mass is 19.1. The van der Waals surface area contributed by atoms with E-state index in [-0.39, 0.29) is 17.7 Å². The van der Waals surface area contributed by atoms with Crippen molar-refractivity contribution in [2.24, 2.45) is 0 Å². The van der Waals surface area contributed by atoms with Gasteiger partial charge in [-0.25, -0.2) is 8.78 Å². The van der Waals surface area contributed by atoms with Crippen molar-refractivity contribution in [1.82, 2.24) is 15.0 Å². The van der Waals surface area contributed by atoms with Crippen LogP contribution >= 0.6 is 0 Å². The Bertz CT molecular complexity index is 861. The van der Waals surface area contributed by atoms with Crippen LogP contribution in [0.15, 0.2) is 47.0 Å². The average molecular weight is 343 g/mol. The Kier molecular flexibility index (Phi) is 4.90. The lowest BCUT2D eigenvalue weighted by molar-refractivity contribution is 0.202. The van der Waals surface area contributed by atoms with E-state index in [1.54, 1.807) is 31.2 Å². The second-order valence-electron chi connectivity index (χ2n) is 6.14. The molecule has 0 saturated heterocycles. The van der Waals surface area contributed by atoms with Gasteiger partial charge in [-0.15, -0.1) is 0 Å². The van der Waals surface area contributed by atoms with Crippen molar-refractivity contribution in [3.8, 4) is 11.4 Å². The Morgan fingerprint density at radius 2 is 1.84 bits per heavy atom. The summed E-state index contributed by atoms with van der Waals surface area (Å²) in [5.74, 6) is 0.386. The van der Waals surface area contributed by atoms with Gasteiger partial charge in [0.2, 0.25) is 11.7 Å². The quantitative estimate of drug-likeness (QED) is 0.683. The summed E-state index contributed by atoms with van der Waals surface area (Å²) in [6.45, 7) is 4.27. The predicted molar refractivity (Wildman–Crippen MR) is 90.7 cm³/mol. The van der Waals surface area contributed by atoms with Crippen LogP contribution in [-0.2, 0) is 6.54 Å². The van der Waals surface area contributed by atoms with Crippen LogP contribution in [0.3, 0.4) is 0 Å². The lowest BCUT2D eigenvalue weighted by Crippen LogP contribution is -2.22. The summed E-state index contributed by atoms with van der Waals surface area (Å²) in [6.07, 6.45) is 0. The van der Waals surface area contributed by atoms with Crippen LogP contribution in [0.4, 0.5) is 8.78 Å². The van der Waals surface area contributed by atoms with Gasteiger partial charge in [0.25, 0.3) is 0 Å². The van der Waals surface area contributed by atoms with Crippen molar-refractivity contribution in [2.45, 2.75) is 26.4 Å². The lowest BCUT2D eigenvalue weighted by atomic mass is 10.1. The Hall–Kier alpha value is -2.60. The number of nitrogens with zero attached hydrogens (tertiary/aromatic N) is 3. The largest absolute Gasteiger partial charge is 0.337 e. The standard InChI is InChI=1S/C19H19F2N3O/c1-12-10-15(6-9-17(12)21)18-22-19(25-23-18)13(2)24(3)11-14-4-7-16(20)8-5-14/h4-10,13H,11H2,1-3H3. The molecular formula is C19H19F2N3O. The maximum Gasteiger partial charge on any atom is 0.244 e. The minimum absolute atomic E-state index is 0.118. The first-order valence-electron chi connectivity index (χ1n) is 7.99. The zero-order chi connectivity index (χ0) is 18.0. The van der Waals surface area contributed by atoms with Crippen LogP contribution in [0.5, 0.6) is 0 Å². The van der Waals surface area contributed by atoms with Crippen molar-refractivity contribution in [3.63, 3.8) is 0 Å². The lowest BCUT2D eigenvalue weighted by Gasteiger charge is -2.21. The molecule has 0 fully saturated rings. The fourth-order valence-electron chi connectivity index (χ4n) is 2.51. The molecule has 25 heavy (non-hydrogen) atoms. The molecule has 0 radical (unpaired) electrons. The van der Waals surface area contributed by atoms with Crippen molar-refractivity contribution < 1.29 is 13.3 Å². The van der Waals surface area contributed by atoms with Gasteiger partial charge in [-0.2, -0.15) is 4.98 Å². The van der Waals surface area contributed by atoms with E-state index < -0.39 is 0 Å². The highest BCUT2D eigenvalue weighted by molar-refractivity contribution is 5.55. The summed E-state index contributed by atoms with van der Waals surface area (Å²) in [4.78, 5) is 6.45. The minimum atomic E-state index is -0.264. The molecule has 3 aromatic rings. The SMILES string of the molecule is Cc1cc(-c2noc(C(C)N(C)Cc3ccc(F)cc3)n2)ccc1F. The molecule has 1 unspecified atom stereocenters. The molecule has 0 N–H and O–H groups in total. The summed E-state index contributed by atoms with van der Waals surface area (Å²) < 4.78 is 31.8. The van der Waals surface area contributed by atoms with Gasteiger partial charge in [-0.05, 0) is 62.4 Å². The van der Waals surface area contributed by atoms with E-state index in [1.807, 2.05) is 18.9 Å². The van der Waals surface area contributed by atoms with Crippen LogP contribution in [-0.4, -0.2) is 22.1 Å². The van der Waals surface area contributed by atoms with E-state index in [4.69, 9.17) is 4.52 Å². The highest BCUT2D eigenvalue weighted by Gasteiger charge is 2.20. The Balaban J connectivity index is 1.74. The molecule has 2 aromatic carbocycles. The molecule has 0 amide bonds. The second kappa shape index (κ2) is 7.11. The molecule has 0 saturated carbocycles. The maximum atomic E-state index is 13.4. The molecule has 0 spiro atoms. The summed E-state index contributed by atoms with van der Waals surface area (Å²) in [7, 11) is 1.93. The van der Waals surface area contributed by atoms with Gasteiger partial charge >= 0.3 is 0 Å². The van der Waals surface area contributed by atoms with Crippen molar-refractivity contribution in [1.29, 1.82) is 0 Å². The van der Waals surface area contributed by atoms with E-state index in [2.05, 4.69) is 10.1 Å². The molecule has 3 rings (SSSR count). The van der Waals surface area contributed by atoms with Crippen molar-refractivity contribution >= 4 is 0 Å². The first kappa shape index (κ1) is 17.2. The van der Waals surface area contributed by atoms with E-state index in [9.17, 15) is 8.78 Å². The highest BCUT2D eigenvalue weighted by Crippen LogP contribution is 2.24. The number of hydrogen-bond donors (Lipinski definition) is 0. The fourth-order valence-corrected chi connectivity index (χ4v) is 2.51. The first-order valence-corrected chi connectivity index (χ1v) is 7.99. The molecular weight excluding hydrogens is 324 g/mol. The number of halogens is 2. The molecule has 0 aliphatic carbocycles. The van der Waals surface area contributed by atoms with Gasteiger partial charge in [-0.1, -0.05) is 17.3 Å². The average Bonchev–Trinajstić information content (AvgIpc) is 3.08. The summed E-state index contributed by atoms with van der Waals surface area (Å²) >= 11 is 0. The molecule has 6 heteroatoms. The smallest absolute Gasteiger partial charge is 0.244 e. The van der Waals surface area contributed by atoms with Gasteiger partial charge in [0.05, 0.1) is 6.04 Å².